The number of anilines is 1. The zero-order valence-electron chi connectivity index (χ0n) is 15.4. The summed E-state index contributed by atoms with van der Waals surface area (Å²) in [7, 11) is 0. The third-order valence-electron chi connectivity index (χ3n) is 4.02. The predicted octanol–water partition coefficient (Wildman–Crippen LogP) is 2.60. The summed E-state index contributed by atoms with van der Waals surface area (Å²) < 4.78 is 43.4. The van der Waals surface area contributed by atoms with Crippen LogP contribution in [0, 0.1) is 0 Å². The fourth-order valence-corrected chi connectivity index (χ4v) is 2.72. The smallest absolute Gasteiger partial charge is 0.404 e. The average molecular weight is 419 g/mol. The van der Waals surface area contributed by atoms with Crippen molar-refractivity contribution < 1.29 is 22.7 Å². The van der Waals surface area contributed by atoms with Crippen LogP contribution in [-0.4, -0.2) is 21.4 Å². The van der Waals surface area contributed by atoms with Gasteiger partial charge in [0.05, 0.1) is 12.2 Å². The maximum atomic E-state index is 12.6. The molecule has 1 N–H and O–H groups in total. The van der Waals surface area contributed by atoms with Crippen molar-refractivity contribution in [2.24, 2.45) is 0 Å². The van der Waals surface area contributed by atoms with Crippen LogP contribution < -0.4 is 21.3 Å². The Morgan fingerprint density at radius 1 is 0.967 bits per heavy atom. The fraction of sp³-hybridized carbons (Fsp3) is 0.150. The van der Waals surface area contributed by atoms with E-state index in [4.69, 9.17) is 0 Å². The first-order valence-corrected chi connectivity index (χ1v) is 8.72. The highest BCUT2D eigenvalue weighted by atomic mass is 19.4. The van der Waals surface area contributed by atoms with Crippen molar-refractivity contribution in [2.75, 3.05) is 5.32 Å². The van der Waals surface area contributed by atoms with E-state index < -0.39 is 35.8 Å². The molecule has 3 aromatic rings. The first kappa shape index (κ1) is 20.9. The summed E-state index contributed by atoms with van der Waals surface area (Å²) in [5.74, 6) is -1.47. The summed E-state index contributed by atoms with van der Waals surface area (Å²) in [5, 5.41) is 2.23. The second-order valence-corrected chi connectivity index (χ2v) is 6.23. The Kier molecular flexibility index (Phi) is 6.05. The Bertz CT molecular complexity index is 1150. The molecule has 0 spiro atoms. The molecular formula is C20H16F3N3O4. The van der Waals surface area contributed by atoms with Crippen LogP contribution in [0.4, 0.5) is 18.9 Å². The molecule has 2 aromatic carbocycles. The minimum absolute atomic E-state index is 0.184. The number of ether oxygens (including phenoxy) is 1. The van der Waals surface area contributed by atoms with Gasteiger partial charge in [-0.2, -0.15) is 0 Å². The van der Waals surface area contributed by atoms with Crippen molar-refractivity contribution in [3.05, 3.63) is 93.3 Å². The van der Waals surface area contributed by atoms with Gasteiger partial charge >= 0.3 is 12.1 Å². The Balaban J connectivity index is 1.80. The lowest BCUT2D eigenvalue weighted by atomic mass is 10.2. The highest BCUT2D eigenvalue weighted by Crippen LogP contribution is 2.29. The quantitative estimate of drug-likeness (QED) is 0.666. The van der Waals surface area contributed by atoms with Gasteiger partial charge in [0.15, 0.2) is 5.75 Å². The van der Waals surface area contributed by atoms with Crippen LogP contribution >= 0.6 is 0 Å². The number of nitrogens with zero attached hydrogens (tertiary/aromatic N) is 2. The van der Waals surface area contributed by atoms with Crippen LogP contribution in [0.3, 0.4) is 0 Å². The van der Waals surface area contributed by atoms with Gasteiger partial charge in [-0.25, -0.2) is 4.79 Å². The molecule has 0 aliphatic rings. The second kappa shape index (κ2) is 8.68. The number of nitrogens with one attached hydrogen (secondary N) is 1. The van der Waals surface area contributed by atoms with Crippen molar-refractivity contribution >= 4 is 11.6 Å². The number of carbonyl (C=O) groups excluding carboxylic acids is 1. The van der Waals surface area contributed by atoms with E-state index in [1.165, 1.54) is 29.0 Å². The van der Waals surface area contributed by atoms with E-state index in [1.807, 2.05) is 6.07 Å². The topological polar surface area (TPSA) is 82.3 Å². The first-order valence-electron chi connectivity index (χ1n) is 8.72. The Morgan fingerprint density at radius 3 is 2.33 bits per heavy atom. The molecule has 0 saturated carbocycles. The maximum Gasteiger partial charge on any atom is 0.573 e. The lowest BCUT2D eigenvalue weighted by Gasteiger charge is -2.14. The summed E-state index contributed by atoms with van der Waals surface area (Å²) in [6, 6.07) is 15.1. The zero-order chi connectivity index (χ0) is 21.7. The van der Waals surface area contributed by atoms with Crippen molar-refractivity contribution in [3.8, 4) is 5.75 Å². The molecule has 0 radical (unpaired) electrons. The van der Waals surface area contributed by atoms with Gasteiger partial charge in [-0.1, -0.05) is 42.5 Å². The lowest BCUT2D eigenvalue weighted by molar-refractivity contribution is -0.274. The molecule has 0 saturated heterocycles. The Labute approximate surface area is 168 Å². The fourth-order valence-electron chi connectivity index (χ4n) is 2.72. The van der Waals surface area contributed by atoms with Gasteiger partial charge in [0.25, 0.3) is 5.56 Å². The molecule has 0 aliphatic carbocycles. The number of carbonyl (C=O) groups is 1. The SMILES string of the molecule is O=C(Cn1c(=O)ccn(Cc2ccccc2)c1=O)Nc1ccccc1OC(F)(F)F. The summed E-state index contributed by atoms with van der Waals surface area (Å²) in [6.07, 6.45) is -3.62. The molecule has 156 valence electrons. The van der Waals surface area contributed by atoms with Crippen molar-refractivity contribution in [3.63, 3.8) is 0 Å². The normalized spacial score (nSPS) is 11.2. The zero-order valence-corrected chi connectivity index (χ0v) is 15.4. The van der Waals surface area contributed by atoms with E-state index in [2.05, 4.69) is 10.1 Å². The molecule has 0 bridgehead atoms. The predicted molar refractivity (Wildman–Crippen MR) is 102 cm³/mol. The van der Waals surface area contributed by atoms with Crippen LogP contribution in [0.5, 0.6) is 5.75 Å². The molecule has 1 aromatic heterocycles. The summed E-state index contributed by atoms with van der Waals surface area (Å²) in [6.45, 7) is -0.489. The highest BCUT2D eigenvalue weighted by Gasteiger charge is 2.32. The van der Waals surface area contributed by atoms with Gasteiger partial charge in [-0.05, 0) is 17.7 Å². The van der Waals surface area contributed by atoms with E-state index in [0.29, 0.717) is 4.57 Å². The third kappa shape index (κ3) is 5.37. The van der Waals surface area contributed by atoms with Gasteiger partial charge in [0.2, 0.25) is 5.91 Å². The van der Waals surface area contributed by atoms with Crippen LogP contribution in [0.2, 0.25) is 0 Å². The molecule has 30 heavy (non-hydrogen) atoms. The number of para-hydroxylation sites is 2. The van der Waals surface area contributed by atoms with E-state index in [9.17, 15) is 27.6 Å². The first-order chi connectivity index (χ1) is 14.2. The molecule has 0 atom stereocenters. The van der Waals surface area contributed by atoms with Crippen LogP contribution in [-0.2, 0) is 17.9 Å². The molecule has 0 aliphatic heterocycles. The monoisotopic (exact) mass is 419 g/mol. The van der Waals surface area contributed by atoms with Crippen LogP contribution in [0.25, 0.3) is 0 Å². The minimum Gasteiger partial charge on any atom is -0.404 e. The highest BCUT2D eigenvalue weighted by molar-refractivity contribution is 5.92. The van der Waals surface area contributed by atoms with Crippen molar-refractivity contribution in [2.45, 2.75) is 19.5 Å². The molecule has 0 unspecified atom stereocenters. The van der Waals surface area contributed by atoms with E-state index >= 15 is 0 Å². The molecule has 1 amide bonds. The van der Waals surface area contributed by atoms with E-state index in [0.717, 1.165) is 17.7 Å². The van der Waals surface area contributed by atoms with Crippen LogP contribution in [0.1, 0.15) is 5.56 Å². The Hall–Kier alpha value is -3.82. The molecule has 1 heterocycles. The van der Waals surface area contributed by atoms with Crippen LogP contribution in [0.15, 0.2) is 76.4 Å². The van der Waals surface area contributed by atoms with Gasteiger partial charge in [0, 0.05) is 12.3 Å². The second-order valence-electron chi connectivity index (χ2n) is 6.23. The van der Waals surface area contributed by atoms with E-state index in [-0.39, 0.29) is 12.2 Å². The number of benzene rings is 2. The maximum absolute atomic E-state index is 12.6. The van der Waals surface area contributed by atoms with Crippen molar-refractivity contribution in [1.29, 1.82) is 0 Å². The number of amides is 1. The van der Waals surface area contributed by atoms with Gasteiger partial charge in [0.1, 0.15) is 6.54 Å². The number of hydrogen-bond acceptors (Lipinski definition) is 4. The number of aromatic nitrogens is 2. The van der Waals surface area contributed by atoms with Gasteiger partial charge in [-0.3, -0.25) is 18.7 Å². The number of halogens is 3. The molecular weight excluding hydrogens is 403 g/mol. The number of alkyl halides is 3. The lowest BCUT2D eigenvalue weighted by Crippen LogP contribution is -2.41. The average Bonchev–Trinajstić information content (AvgIpc) is 2.69. The molecule has 7 nitrogen and oxygen atoms in total. The number of rotatable bonds is 6. The molecule has 3 rings (SSSR count). The summed E-state index contributed by atoms with van der Waals surface area (Å²) in [4.78, 5) is 37.0. The minimum atomic E-state index is -4.94. The summed E-state index contributed by atoms with van der Waals surface area (Å²) >= 11 is 0. The third-order valence-corrected chi connectivity index (χ3v) is 4.02. The Morgan fingerprint density at radius 2 is 1.63 bits per heavy atom. The standard InChI is InChI=1S/C20H16F3N3O4/c21-20(22,23)30-16-9-5-4-8-15(16)24-17(27)13-26-18(28)10-11-25(19(26)29)12-14-6-2-1-3-7-14/h1-11H,12-13H2,(H,24,27). The number of hydrogen-bond donors (Lipinski definition) is 1. The van der Waals surface area contributed by atoms with Crippen molar-refractivity contribution in [1.82, 2.24) is 9.13 Å². The molecule has 0 fully saturated rings. The van der Waals surface area contributed by atoms with Gasteiger partial charge in [-0.15, -0.1) is 13.2 Å². The van der Waals surface area contributed by atoms with E-state index in [1.54, 1.807) is 24.3 Å². The largest absolute Gasteiger partial charge is 0.573 e. The summed E-state index contributed by atoms with van der Waals surface area (Å²) in [5.41, 5.74) is -0.860. The van der Waals surface area contributed by atoms with Gasteiger partial charge < -0.3 is 10.1 Å². The molecule has 10 heteroatoms.